The number of rotatable bonds is 3. The number of piperidine rings is 1. The van der Waals surface area contributed by atoms with Crippen LogP contribution in [0.4, 0.5) is 0 Å². The third-order valence-electron chi connectivity index (χ3n) is 3.97. The summed E-state index contributed by atoms with van der Waals surface area (Å²) in [5.41, 5.74) is 0. The maximum absolute atomic E-state index is 13.0. The largest absolute Gasteiger partial charge is 0.465 e. The van der Waals surface area contributed by atoms with Crippen LogP contribution in [-0.2, 0) is 19.5 Å². The molecule has 2 saturated heterocycles. The van der Waals surface area contributed by atoms with E-state index >= 15 is 0 Å². The van der Waals surface area contributed by atoms with Crippen LogP contribution in [0.15, 0.2) is 16.3 Å². The summed E-state index contributed by atoms with van der Waals surface area (Å²) in [4.78, 5) is 11.9. The van der Waals surface area contributed by atoms with E-state index in [4.69, 9.17) is 4.74 Å². The molecule has 6 nitrogen and oxygen atoms in total. The molecule has 1 aromatic rings. The fourth-order valence-electron chi connectivity index (χ4n) is 3.04. The first-order chi connectivity index (χ1) is 10.1. The van der Waals surface area contributed by atoms with Crippen LogP contribution in [0, 0.1) is 0 Å². The van der Waals surface area contributed by atoms with Crippen molar-refractivity contribution in [3.63, 3.8) is 0 Å². The summed E-state index contributed by atoms with van der Waals surface area (Å²) in [6.45, 7) is 0.848. The summed E-state index contributed by atoms with van der Waals surface area (Å²) >= 11 is 1.09. The van der Waals surface area contributed by atoms with Gasteiger partial charge in [0.25, 0.3) is 0 Å². The average molecular weight is 331 g/mol. The van der Waals surface area contributed by atoms with E-state index in [9.17, 15) is 13.2 Å². The van der Waals surface area contributed by atoms with Crippen LogP contribution in [0.5, 0.6) is 0 Å². The monoisotopic (exact) mass is 331 g/mol. The predicted octanol–water partition coefficient (Wildman–Crippen LogP) is 1.48. The Morgan fingerprint density at radius 1 is 1.38 bits per heavy atom. The lowest BCUT2D eigenvalue weighted by Crippen LogP contribution is -2.57. The first-order valence-corrected chi connectivity index (χ1v) is 9.14. The van der Waals surface area contributed by atoms with Crippen LogP contribution >= 0.6 is 11.3 Å². The van der Waals surface area contributed by atoms with E-state index in [-0.39, 0.29) is 21.9 Å². The number of hydrogen-bond donors (Lipinski definition) is 0. The zero-order chi connectivity index (χ0) is 15.0. The normalized spacial score (nSPS) is 26.5. The van der Waals surface area contributed by atoms with Gasteiger partial charge in [0.15, 0.2) is 0 Å². The highest BCUT2D eigenvalue weighted by Crippen LogP contribution is 2.35. The molecule has 2 fully saturated rings. The Kier molecular flexibility index (Phi) is 4.04. The van der Waals surface area contributed by atoms with Crippen LogP contribution in [0.1, 0.15) is 28.9 Å². The van der Waals surface area contributed by atoms with Gasteiger partial charge in [-0.1, -0.05) is 6.42 Å². The molecule has 0 N–H and O–H groups in total. The van der Waals surface area contributed by atoms with Crippen molar-refractivity contribution in [2.24, 2.45) is 0 Å². The molecule has 3 heterocycles. The summed E-state index contributed by atoms with van der Waals surface area (Å²) < 4.78 is 37.7. The van der Waals surface area contributed by atoms with Crippen LogP contribution in [0.2, 0.25) is 0 Å². The van der Waals surface area contributed by atoms with E-state index in [1.807, 2.05) is 0 Å². The van der Waals surface area contributed by atoms with E-state index in [1.54, 1.807) is 9.69 Å². The van der Waals surface area contributed by atoms with E-state index in [1.165, 1.54) is 13.2 Å². The molecule has 2 atom stereocenters. The zero-order valence-corrected chi connectivity index (χ0v) is 13.3. The molecule has 3 rings (SSSR count). The van der Waals surface area contributed by atoms with Gasteiger partial charge >= 0.3 is 5.97 Å². The number of nitrogens with zero attached hydrogens (tertiary/aromatic N) is 1. The maximum Gasteiger partial charge on any atom is 0.349 e. The molecule has 2 bridgehead atoms. The van der Waals surface area contributed by atoms with Crippen LogP contribution in [-0.4, -0.2) is 51.1 Å². The van der Waals surface area contributed by atoms with Gasteiger partial charge in [-0.25, -0.2) is 13.2 Å². The van der Waals surface area contributed by atoms with Crippen molar-refractivity contribution in [3.8, 4) is 0 Å². The van der Waals surface area contributed by atoms with Crippen molar-refractivity contribution >= 4 is 27.3 Å². The third kappa shape index (κ3) is 2.50. The van der Waals surface area contributed by atoms with E-state index in [0.29, 0.717) is 13.2 Å². The van der Waals surface area contributed by atoms with Crippen molar-refractivity contribution < 1.29 is 22.7 Å². The Hall–Kier alpha value is -0.960. The van der Waals surface area contributed by atoms with Crippen molar-refractivity contribution in [3.05, 3.63) is 16.3 Å². The molecule has 0 saturated carbocycles. The minimum absolute atomic E-state index is 0.0538. The second kappa shape index (κ2) is 5.68. The number of esters is 1. The minimum atomic E-state index is -3.70. The second-order valence-corrected chi connectivity index (χ2v) is 7.94. The molecule has 21 heavy (non-hydrogen) atoms. The number of methoxy groups -OCH3 is 1. The molecule has 1 aromatic heterocycles. The van der Waals surface area contributed by atoms with Gasteiger partial charge in [0.1, 0.15) is 9.77 Å². The fraction of sp³-hybridized carbons (Fsp3) is 0.615. The van der Waals surface area contributed by atoms with Gasteiger partial charge in [0.05, 0.1) is 20.3 Å². The quantitative estimate of drug-likeness (QED) is 0.785. The Labute approximate surface area is 127 Å². The highest BCUT2D eigenvalue weighted by atomic mass is 32.2. The lowest BCUT2D eigenvalue weighted by molar-refractivity contribution is -0.0298. The number of sulfonamides is 1. The fourth-order valence-corrected chi connectivity index (χ4v) is 6.20. The van der Waals surface area contributed by atoms with Gasteiger partial charge in [0.2, 0.25) is 10.0 Å². The van der Waals surface area contributed by atoms with E-state index < -0.39 is 16.0 Å². The molecule has 2 aliphatic rings. The summed E-state index contributed by atoms with van der Waals surface area (Å²) in [5, 5.41) is 1.61. The summed E-state index contributed by atoms with van der Waals surface area (Å²) in [6, 6.07) is 1.22. The smallest absolute Gasteiger partial charge is 0.349 e. The van der Waals surface area contributed by atoms with Crippen molar-refractivity contribution in [2.45, 2.75) is 36.2 Å². The molecule has 0 amide bonds. The van der Waals surface area contributed by atoms with E-state index in [2.05, 4.69) is 4.74 Å². The molecule has 8 heteroatoms. The van der Waals surface area contributed by atoms with Crippen LogP contribution in [0.3, 0.4) is 0 Å². The lowest BCUT2D eigenvalue weighted by atomic mass is 9.98. The van der Waals surface area contributed by atoms with Gasteiger partial charge in [-0.05, 0) is 24.3 Å². The summed E-state index contributed by atoms with van der Waals surface area (Å²) in [6.07, 6.45) is 2.61. The van der Waals surface area contributed by atoms with Crippen molar-refractivity contribution in [2.75, 3.05) is 20.3 Å². The molecule has 0 aromatic carbocycles. The van der Waals surface area contributed by atoms with Crippen molar-refractivity contribution in [1.29, 1.82) is 0 Å². The Morgan fingerprint density at radius 3 is 2.67 bits per heavy atom. The highest BCUT2D eigenvalue weighted by Gasteiger charge is 2.44. The first-order valence-electron chi connectivity index (χ1n) is 6.83. The molecule has 0 radical (unpaired) electrons. The van der Waals surface area contributed by atoms with Gasteiger partial charge in [-0.2, -0.15) is 4.31 Å². The number of thiophene rings is 1. The molecule has 0 aliphatic carbocycles. The molecule has 0 spiro atoms. The lowest BCUT2D eigenvalue weighted by Gasteiger charge is -2.44. The number of carbonyl (C=O) groups is 1. The van der Waals surface area contributed by atoms with Crippen LogP contribution in [0.25, 0.3) is 0 Å². The minimum Gasteiger partial charge on any atom is -0.465 e. The predicted molar refractivity (Wildman–Crippen MR) is 76.9 cm³/mol. The molecule has 2 aliphatic heterocycles. The zero-order valence-electron chi connectivity index (χ0n) is 11.6. The number of morpholine rings is 1. The Morgan fingerprint density at radius 2 is 2.05 bits per heavy atom. The molecule has 0 unspecified atom stereocenters. The number of carbonyl (C=O) groups excluding carboxylic acids is 1. The molecule has 116 valence electrons. The second-order valence-electron chi connectivity index (χ2n) is 5.22. The number of fused-ring (bicyclic) bond motifs is 2. The maximum atomic E-state index is 13.0. The number of ether oxygens (including phenoxy) is 2. The van der Waals surface area contributed by atoms with Gasteiger partial charge in [-0.15, -0.1) is 11.3 Å². The van der Waals surface area contributed by atoms with Gasteiger partial charge in [0, 0.05) is 12.1 Å². The summed E-state index contributed by atoms with van der Waals surface area (Å²) in [7, 11) is -2.45. The highest BCUT2D eigenvalue weighted by molar-refractivity contribution is 7.89. The average Bonchev–Trinajstić information content (AvgIpc) is 2.95. The number of hydrogen-bond acceptors (Lipinski definition) is 6. The SMILES string of the molecule is COC(=O)c1sccc1S(=O)(=O)N1[C@@H]2CCC[C@H]1COC2. The van der Waals surface area contributed by atoms with Crippen LogP contribution < -0.4 is 0 Å². The Balaban J connectivity index is 2.01. The molecular formula is C13H17NO5S2. The summed E-state index contributed by atoms with van der Waals surface area (Å²) in [5.74, 6) is -0.609. The Bertz CT molecular complexity index is 617. The van der Waals surface area contributed by atoms with Crippen molar-refractivity contribution in [1.82, 2.24) is 4.31 Å². The van der Waals surface area contributed by atoms with Gasteiger partial charge < -0.3 is 9.47 Å². The third-order valence-corrected chi connectivity index (χ3v) is 7.04. The first kappa shape index (κ1) is 15.0. The van der Waals surface area contributed by atoms with E-state index in [0.717, 1.165) is 30.6 Å². The topological polar surface area (TPSA) is 72.9 Å². The van der Waals surface area contributed by atoms with Gasteiger partial charge in [-0.3, -0.25) is 0 Å². The molecular weight excluding hydrogens is 314 g/mol. The standard InChI is InChI=1S/C13H17NO5S2/c1-18-13(15)12-11(5-6-20-12)21(16,17)14-9-3-2-4-10(14)8-19-7-9/h5-6,9-10H,2-4,7-8H2,1H3/t9-,10+.